The maximum absolute atomic E-state index is 13.2. The zero-order valence-corrected chi connectivity index (χ0v) is 9.27. The van der Waals surface area contributed by atoms with E-state index in [0.29, 0.717) is 0 Å². The predicted octanol–water partition coefficient (Wildman–Crippen LogP) is 4.29. The van der Waals surface area contributed by atoms with Gasteiger partial charge in [0, 0.05) is 28.1 Å². The van der Waals surface area contributed by atoms with Crippen molar-refractivity contribution >= 4 is 23.2 Å². The molecule has 0 aliphatic heterocycles. The van der Waals surface area contributed by atoms with Crippen molar-refractivity contribution < 1.29 is 17.6 Å². The SMILES string of the molecule is [CH2]c1c(F)c(F)c(C/C(Cl)=C/Cl)c(F)c1F. The molecular formula is C10H5Cl2F4. The second-order valence-electron chi connectivity index (χ2n) is 2.95. The topological polar surface area (TPSA) is 0 Å². The Morgan fingerprint density at radius 1 is 1.06 bits per heavy atom. The van der Waals surface area contributed by atoms with Gasteiger partial charge in [0.05, 0.1) is 0 Å². The van der Waals surface area contributed by atoms with E-state index < -0.39 is 40.8 Å². The van der Waals surface area contributed by atoms with Crippen LogP contribution in [0.2, 0.25) is 0 Å². The van der Waals surface area contributed by atoms with Crippen molar-refractivity contribution in [1.82, 2.24) is 0 Å². The summed E-state index contributed by atoms with van der Waals surface area (Å²) in [6, 6.07) is 0. The number of allylic oxidation sites excluding steroid dienone is 1. The average Bonchev–Trinajstić information content (AvgIpc) is 2.29. The molecule has 1 aromatic carbocycles. The summed E-state index contributed by atoms with van der Waals surface area (Å²) in [5.74, 6) is -6.10. The number of hydrogen-bond acceptors (Lipinski definition) is 0. The summed E-state index contributed by atoms with van der Waals surface area (Å²) in [5.41, 5.74) is -0.914. The van der Waals surface area contributed by atoms with Crippen molar-refractivity contribution in [2.24, 2.45) is 0 Å². The highest BCUT2D eigenvalue weighted by atomic mass is 35.5. The van der Waals surface area contributed by atoms with E-state index >= 15 is 0 Å². The lowest BCUT2D eigenvalue weighted by Crippen LogP contribution is -2.06. The monoisotopic (exact) mass is 271 g/mol. The van der Waals surface area contributed by atoms with Crippen molar-refractivity contribution in [3.63, 3.8) is 0 Å². The van der Waals surface area contributed by atoms with Crippen LogP contribution in [0, 0.1) is 30.2 Å². The van der Waals surface area contributed by atoms with E-state index in [-0.39, 0.29) is 5.03 Å². The van der Waals surface area contributed by atoms with Gasteiger partial charge in [0.1, 0.15) is 0 Å². The first-order valence-electron chi connectivity index (χ1n) is 4.01. The van der Waals surface area contributed by atoms with E-state index in [1.54, 1.807) is 0 Å². The molecule has 1 radical (unpaired) electrons. The van der Waals surface area contributed by atoms with E-state index in [2.05, 4.69) is 6.92 Å². The zero-order chi connectivity index (χ0) is 12.5. The summed E-state index contributed by atoms with van der Waals surface area (Å²) < 4.78 is 52.6. The van der Waals surface area contributed by atoms with Crippen molar-refractivity contribution in [3.05, 3.63) is 51.9 Å². The van der Waals surface area contributed by atoms with Gasteiger partial charge < -0.3 is 0 Å². The molecule has 0 aliphatic rings. The lowest BCUT2D eigenvalue weighted by Gasteiger charge is -2.08. The Morgan fingerprint density at radius 2 is 1.50 bits per heavy atom. The first kappa shape index (κ1) is 13.3. The van der Waals surface area contributed by atoms with Gasteiger partial charge in [-0.2, -0.15) is 0 Å². The molecule has 0 atom stereocenters. The van der Waals surface area contributed by atoms with Crippen LogP contribution in [0.4, 0.5) is 17.6 Å². The van der Waals surface area contributed by atoms with Crippen molar-refractivity contribution in [1.29, 1.82) is 0 Å². The maximum atomic E-state index is 13.2. The molecule has 0 amide bonds. The minimum atomic E-state index is -1.53. The molecule has 0 aliphatic carbocycles. The smallest absolute Gasteiger partial charge is 0.165 e. The second-order valence-corrected chi connectivity index (χ2v) is 3.65. The van der Waals surface area contributed by atoms with E-state index in [0.717, 1.165) is 5.54 Å². The van der Waals surface area contributed by atoms with Crippen molar-refractivity contribution in [3.8, 4) is 0 Å². The van der Waals surface area contributed by atoms with Crippen LogP contribution in [0.5, 0.6) is 0 Å². The Hall–Kier alpha value is -0.740. The molecule has 0 heterocycles. The Labute approximate surface area is 99.5 Å². The van der Waals surface area contributed by atoms with Crippen LogP contribution in [-0.4, -0.2) is 0 Å². The van der Waals surface area contributed by atoms with E-state index in [4.69, 9.17) is 23.2 Å². The molecule has 1 rings (SSSR count). The summed E-state index contributed by atoms with van der Waals surface area (Å²) in [7, 11) is 0. The quantitative estimate of drug-likeness (QED) is 0.556. The number of halogens is 6. The molecule has 0 fully saturated rings. The number of rotatable bonds is 2. The minimum absolute atomic E-state index is 0.143. The Balaban J connectivity index is 3.40. The molecule has 0 spiro atoms. The van der Waals surface area contributed by atoms with E-state index in [1.165, 1.54) is 0 Å². The molecule has 0 unspecified atom stereocenters. The fourth-order valence-electron chi connectivity index (χ4n) is 1.09. The molecule has 87 valence electrons. The number of hydrogen-bond donors (Lipinski definition) is 0. The van der Waals surface area contributed by atoms with Crippen LogP contribution >= 0.6 is 23.2 Å². The molecule has 0 saturated heterocycles. The maximum Gasteiger partial charge on any atom is 0.165 e. The highest BCUT2D eigenvalue weighted by molar-refractivity contribution is 6.36. The van der Waals surface area contributed by atoms with Gasteiger partial charge in [-0.05, 0) is 6.92 Å². The van der Waals surface area contributed by atoms with Gasteiger partial charge >= 0.3 is 0 Å². The van der Waals surface area contributed by atoms with Crippen LogP contribution in [0.3, 0.4) is 0 Å². The van der Waals surface area contributed by atoms with Gasteiger partial charge in [0.2, 0.25) is 0 Å². The molecule has 16 heavy (non-hydrogen) atoms. The van der Waals surface area contributed by atoms with Gasteiger partial charge in [0.15, 0.2) is 23.3 Å². The standard InChI is InChI=1S/C10H5Cl2F4/c1-4-7(13)9(15)6(2-5(12)3-11)10(16)8(4)14/h3H,1-2H2/b5-3-. The normalized spacial score (nSPS) is 12.1. The van der Waals surface area contributed by atoms with Crippen LogP contribution in [-0.2, 0) is 6.42 Å². The van der Waals surface area contributed by atoms with Gasteiger partial charge in [-0.15, -0.1) is 0 Å². The van der Waals surface area contributed by atoms with Gasteiger partial charge in [-0.3, -0.25) is 0 Å². The first-order chi connectivity index (χ1) is 7.40. The number of benzene rings is 1. The average molecular weight is 272 g/mol. The summed E-state index contributed by atoms with van der Waals surface area (Å²) in [6.07, 6.45) is -0.531. The Morgan fingerprint density at radius 3 is 1.88 bits per heavy atom. The second kappa shape index (κ2) is 5.06. The van der Waals surface area contributed by atoms with E-state index in [1.807, 2.05) is 0 Å². The third kappa shape index (κ3) is 2.33. The summed E-state index contributed by atoms with van der Waals surface area (Å²) in [5, 5.41) is -0.143. The van der Waals surface area contributed by atoms with Crippen LogP contribution in [0.1, 0.15) is 11.1 Å². The molecule has 0 N–H and O–H groups in total. The Bertz CT molecular complexity index is 426. The summed E-state index contributed by atoms with van der Waals surface area (Å²) in [6.45, 7) is 2.88. The van der Waals surface area contributed by atoms with E-state index in [9.17, 15) is 17.6 Å². The molecular weight excluding hydrogens is 267 g/mol. The van der Waals surface area contributed by atoms with Gasteiger partial charge in [0.25, 0.3) is 0 Å². The fraction of sp³-hybridized carbons (Fsp3) is 0.100. The molecule has 0 saturated carbocycles. The minimum Gasteiger partial charge on any atom is -0.203 e. The molecule has 6 heteroatoms. The zero-order valence-electron chi connectivity index (χ0n) is 7.76. The summed E-state index contributed by atoms with van der Waals surface area (Å²) >= 11 is 10.6. The third-order valence-electron chi connectivity index (χ3n) is 1.91. The fourth-order valence-corrected chi connectivity index (χ4v) is 1.30. The molecule has 0 bridgehead atoms. The lowest BCUT2D eigenvalue weighted by atomic mass is 10.1. The predicted molar refractivity (Wildman–Crippen MR) is 54.2 cm³/mol. The van der Waals surface area contributed by atoms with Gasteiger partial charge in [-0.1, -0.05) is 23.2 Å². The largest absolute Gasteiger partial charge is 0.203 e. The highest BCUT2D eigenvalue weighted by Crippen LogP contribution is 2.26. The van der Waals surface area contributed by atoms with Crippen molar-refractivity contribution in [2.45, 2.75) is 6.42 Å². The Kier molecular flexibility index (Phi) is 4.21. The molecule has 0 nitrogen and oxygen atoms in total. The lowest BCUT2D eigenvalue weighted by molar-refractivity contribution is 0.437. The van der Waals surface area contributed by atoms with Crippen LogP contribution in [0.15, 0.2) is 10.6 Å². The molecule has 1 aromatic rings. The summed E-state index contributed by atoms with van der Waals surface area (Å²) in [4.78, 5) is 0. The highest BCUT2D eigenvalue weighted by Gasteiger charge is 2.23. The first-order valence-corrected chi connectivity index (χ1v) is 4.83. The third-order valence-corrected chi connectivity index (χ3v) is 2.53. The molecule has 0 aromatic heterocycles. The van der Waals surface area contributed by atoms with Crippen LogP contribution < -0.4 is 0 Å². The van der Waals surface area contributed by atoms with Crippen LogP contribution in [0.25, 0.3) is 0 Å². The van der Waals surface area contributed by atoms with Crippen molar-refractivity contribution in [2.75, 3.05) is 0 Å². The van der Waals surface area contributed by atoms with Gasteiger partial charge in [-0.25, -0.2) is 17.6 Å².